The van der Waals surface area contributed by atoms with E-state index in [1.165, 1.54) is 10.9 Å². The summed E-state index contributed by atoms with van der Waals surface area (Å²) in [6, 6.07) is 7.71. The van der Waals surface area contributed by atoms with Crippen LogP contribution in [0.2, 0.25) is 0 Å². The van der Waals surface area contributed by atoms with Crippen molar-refractivity contribution in [3.8, 4) is 0 Å². The summed E-state index contributed by atoms with van der Waals surface area (Å²) in [5.41, 5.74) is 1.04. The number of nitrogens with one attached hydrogen (secondary N) is 1. The average Bonchev–Trinajstić information content (AvgIpc) is 3.03. The van der Waals surface area contributed by atoms with Crippen LogP contribution in [-0.4, -0.2) is 46.5 Å². The summed E-state index contributed by atoms with van der Waals surface area (Å²) in [6.45, 7) is 1.38. The zero-order valence-corrected chi connectivity index (χ0v) is 14.1. The van der Waals surface area contributed by atoms with Crippen LogP contribution in [0.4, 0.5) is 0 Å². The summed E-state index contributed by atoms with van der Waals surface area (Å²) in [6.07, 6.45) is 3.46. The number of amides is 1. The van der Waals surface area contributed by atoms with Crippen molar-refractivity contribution in [2.24, 2.45) is 0 Å². The van der Waals surface area contributed by atoms with Gasteiger partial charge >= 0.3 is 0 Å². The lowest BCUT2D eigenvalue weighted by Gasteiger charge is -2.32. The molecule has 1 aliphatic rings. The third-order valence-corrected chi connectivity index (χ3v) is 4.84. The summed E-state index contributed by atoms with van der Waals surface area (Å²) >= 11 is 0. The number of furan rings is 1. The largest absolute Gasteiger partial charge is 0.448 e. The van der Waals surface area contributed by atoms with Gasteiger partial charge in [0.15, 0.2) is 0 Å². The lowest BCUT2D eigenvalue weighted by atomic mass is 10.1. The van der Waals surface area contributed by atoms with E-state index in [1.54, 1.807) is 11.0 Å². The second-order valence-electron chi connectivity index (χ2n) is 6.42. The number of nitrogens with zero attached hydrogens (tertiary/aromatic N) is 3. The number of hydrogen-bond acceptors (Lipinski definition) is 5. The molecular weight excluding hydrogens is 320 g/mol. The Morgan fingerprint density at radius 1 is 1.40 bits per heavy atom. The molecule has 7 nitrogen and oxygen atoms in total. The molecule has 4 rings (SSSR count). The van der Waals surface area contributed by atoms with E-state index in [9.17, 15) is 9.59 Å². The van der Waals surface area contributed by atoms with Gasteiger partial charge in [0.25, 0.3) is 5.56 Å². The van der Waals surface area contributed by atoms with Crippen molar-refractivity contribution in [1.82, 2.24) is 19.8 Å². The monoisotopic (exact) mass is 340 g/mol. The van der Waals surface area contributed by atoms with Crippen LogP contribution < -0.4 is 10.9 Å². The van der Waals surface area contributed by atoms with Gasteiger partial charge in [0.1, 0.15) is 17.6 Å². The number of benzene rings is 1. The van der Waals surface area contributed by atoms with Gasteiger partial charge in [0.05, 0.1) is 6.33 Å². The Bertz CT molecular complexity index is 991. The molecule has 1 N–H and O–H groups in total. The van der Waals surface area contributed by atoms with E-state index in [2.05, 4.69) is 10.3 Å². The molecule has 0 aliphatic carbocycles. The van der Waals surface area contributed by atoms with Gasteiger partial charge in [-0.15, -0.1) is 0 Å². The van der Waals surface area contributed by atoms with Gasteiger partial charge in [-0.3, -0.25) is 14.2 Å². The Balaban J connectivity index is 1.63. The minimum atomic E-state index is -0.322. The van der Waals surface area contributed by atoms with Crippen LogP contribution in [0.1, 0.15) is 12.8 Å². The van der Waals surface area contributed by atoms with Gasteiger partial charge in [0.2, 0.25) is 11.5 Å². The van der Waals surface area contributed by atoms with Crippen molar-refractivity contribution in [3.63, 3.8) is 0 Å². The maximum atomic E-state index is 12.7. The number of piperidine rings is 1. The predicted molar refractivity (Wildman–Crippen MR) is 94.4 cm³/mol. The number of aromatic nitrogens is 2. The Morgan fingerprint density at radius 2 is 2.24 bits per heavy atom. The zero-order chi connectivity index (χ0) is 17.4. The summed E-state index contributed by atoms with van der Waals surface area (Å²) in [4.78, 5) is 31.4. The van der Waals surface area contributed by atoms with Crippen LogP contribution in [0.3, 0.4) is 0 Å². The van der Waals surface area contributed by atoms with Crippen molar-refractivity contribution in [1.29, 1.82) is 0 Å². The fourth-order valence-electron chi connectivity index (χ4n) is 3.41. The highest BCUT2D eigenvalue weighted by atomic mass is 16.3. The van der Waals surface area contributed by atoms with Crippen LogP contribution in [0, 0.1) is 0 Å². The second kappa shape index (κ2) is 6.33. The van der Waals surface area contributed by atoms with Crippen molar-refractivity contribution in [2.45, 2.75) is 25.4 Å². The van der Waals surface area contributed by atoms with Gasteiger partial charge < -0.3 is 14.6 Å². The Morgan fingerprint density at radius 3 is 3.08 bits per heavy atom. The first kappa shape index (κ1) is 15.8. The number of fused-ring (bicyclic) bond motifs is 3. The minimum Gasteiger partial charge on any atom is -0.448 e. The molecule has 130 valence electrons. The van der Waals surface area contributed by atoms with E-state index >= 15 is 0 Å². The fourth-order valence-corrected chi connectivity index (χ4v) is 3.41. The zero-order valence-electron chi connectivity index (χ0n) is 14.1. The molecule has 0 saturated carbocycles. The summed E-state index contributed by atoms with van der Waals surface area (Å²) in [5.74, 6) is -0.0701. The molecule has 0 spiro atoms. The molecule has 0 bridgehead atoms. The number of likely N-dealkylation sites (N-methyl/N-ethyl adjacent to an activating group) is 1. The number of para-hydroxylation sites is 1. The lowest BCUT2D eigenvalue weighted by molar-refractivity contribution is -0.133. The molecule has 1 unspecified atom stereocenters. The maximum absolute atomic E-state index is 12.7. The van der Waals surface area contributed by atoms with Crippen molar-refractivity contribution in [3.05, 3.63) is 40.9 Å². The van der Waals surface area contributed by atoms with Gasteiger partial charge in [-0.2, -0.15) is 0 Å². The quantitative estimate of drug-likeness (QED) is 0.778. The smallest absolute Gasteiger partial charge is 0.297 e. The SMILES string of the molecule is CNC1CCCN(C(=O)Cn2cnc3c(oc4ccccc43)c2=O)C1. The van der Waals surface area contributed by atoms with Crippen LogP contribution in [0.15, 0.2) is 39.8 Å². The molecule has 1 saturated heterocycles. The number of likely N-dealkylation sites (tertiary alicyclic amines) is 1. The normalized spacial score (nSPS) is 18.1. The van der Waals surface area contributed by atoms with Crippen LogP contribution in [-0.2, 0) is 11.3 Å². The minimum absolute atomic E-state index is 0.0186. The topological polar surface area (TPSA) is 80.4 Å². The number of hydrogen-bond donors (Lipinski definition) is 1. The molecule has 25 heavy (non-hydrogen) atoms. The van der Waals surface area contributed by atoms with Gasteiger partial charge in [-0.25, -0.2) is 4.98 Å². The van der Waals surface area contributed by atoms with Gasteiger partial charge in [-0.1, -0.05) is 12.1 Å². The van der Waals surface area contributed by atoms with E-state index in [4.69, 9.17) is 4.42 Å². The number of carbonyl (C=O) groups is 1. The molecule has 1 atom stereocenters. The van der Waals surface area contributed by atoms with E-state index in [1.807, 2.05) is 25.2 Å². The molecule has 3 aromatic rings. The molecule has 0 radical (unpaired) electrons. The fraction of sp³-hybridized carbons (Fsp3) is 0.389. The highest BCUT2D eigenvalue weighted by Gasteiger charge is 2.23. The molecule has 1 fully saturated rings. The Kier molecular flexibility index (Phi) is 4.01. The number of rotatable bonds is 3. The highest BCUT2D eigenvalue weighted by molar-refractivity contribution is 6.01. The van der Waals surface area contributed by atoms with E-state index in [-0.39, 0.29) is 23.6 Å². The predicted octanol–water partition coefficient (Wildman–Crippen LogP) is 1.35. The van der Waals surface area contributed by atoms with Crippen molar-refractivity contribution in [2.75, 3.05) is 20.1 Å². The standard InChI is InChI=1S/C18H20N4O3/c1-19-12-5-4-8-21(9-12)15(23)10-22-11-20-16-13-6-2-3-7-14(13)25-17(16)18(22)24/h2-3,6-7,11-12,19H,4-5,8-10H2,1H3. The first-order valence-electron chi connectivity index (χ1n) is 8.49. The third-order valence-electron chi connectivity index (χ3n) is 4.84. The van der Waals surface area contributed by atoms with Gasteiger partial charge in [-0.05, 0) is 32.0 Å². The van der Waals surface area contributed by atoms with Crippen LogP contribution in [0.25, 0.3) is 22.1 Å². The Labute approximate surface area is 144 Å². The third kappa shape index (κ3) is 2.80. The molecule has 1 aromatic carbocycles. The molecule has 7 heteroatoms. The first-order valence-corrected chi connectivity index (χ1v) is 8.49. The summed E-state index contributed by atoms with van der Waals surface area (Å²) in [5, 5.41) is 4.02. The average molecular weight is 340 g/mol. The number of carbonyl (C=O) groups excluding carboxylic acids is 1. The van der Waals surface area contributed by atoms with Crippen molar-refractivity contribution < 1.29 is 9.21 Å². The van der Waals surface area contributed by atoms with Gasteiger partial charge in [0, 0.05) is 24.5 Å². The van der Waals surface area contributed by atoms with Crippen LogP contribution in [0.5, 0.6) is 0 Å². The maximum Gasteiger partial charge on any atom is 0.297 e. The van der Waals surface area contributed by atoms with E-state index in [0.29, 0.717) is 23.7 Å². The van der Waals surface area contributed by atoms with E-state index in [0.717, 1.165) is 24.8 Å². The second-order valence-corrected chi connectivity index (χ2v) is 6.42. The van der Waals surface area contributed by atoms with Crippen LogP contribution >= 0.6 is 0 Å². The lowest BCUT2D eigenvalue weighted by Crippen LogP contribution is -2.48. The Hall–Kier alpha value is -2.67. The molecular formula is C18H20N4O3. The highest BCUT2D eigenvalue weighted by Crippen LogP contribution is 2.24. The summed E-state index contributed by atoms with van der Waals surface area (Å²) in [7, 11) is 1.91. The molecule has 3 heterocycles. The van der Waals surface area contributed by atoms with Crippen molar-refractivity contribution >= 4 is 28.0 Å². The molecule has 1 aliphatic heterocycles. The summed E-state index contributed by atoms with van der Waals surface area (Å²) < 4.78 is 6.98. The molecule has 1 amide bonds. The first-order chi connectivity index (χ1) is 12.2. The molecule has 2 aromatic heterocycles. The van der Waals surface area contributed by atoms with E-state index < -0.39 is 0 Å².